The average molecular weight is 575 g/mol. The molecule has 1 aliphatic rings. The highest BCUT2D eigenvalue weighted by atomic mass is 16.6. The molecule has 0 aliphatic carbocycles. The number of β-amino-alcohol motifs (C(OH)–C–C–N with tert-alkyl or cyclic N) is 1. The Morgan fingerprint density at radius 3 is 2.02 bits per heavy atom. The number of aliphatic hydroxyl groups excluding tert-OH is 1. The molecule has 3 atom stereocenters. The van der Waals surface area contributed by atoms with E-state index < -0.39 is 46.3 Å². The minimum Gasteiger partial charge on any atom is -0.462 e. The van der Waals surface area contributed by atoms with Crippen LogP contribution in [0, 0.1) is 20.2 Å². The molecule has 0 aromatic heterocycles. The summed E-state index contributed by atoms with van der Waals surface area (Å²) in [6.45, 7) is 1.10. The van der Waals surface area contributed by atoms with Gasteiger partial charge < -0.3 is 29.5 Å². The first-order chi connectivity index (χ1) is 19.5. The fraction of sp³-hybridized carbons (Fsp3) is 0.423. The summed E-state index contributed by atoms with van der Waals surface area (Å²) < 4.78 is 15.8. The summed E-state index contributed by atoms with van der Waals surface area (Å²) in [5.41, 5.74) is 0.931. The lowest BCUT2D eigenvalue weighted by molar-refractivity contribution is -0.385. The number of amides is 2. The number of benzene rings is 2. The third-order valence-electron chi connectivity index (χ3n) is 6.26. The summed E-state index contributed by atoms with van der Waals surface area (Å²) >= 11 is 0. The van der Waals surface area contributed by atoms with Crippen LogP contribution in [0.2, 0.25) is 0 Å². The van der Waals surface area contributed by atoms with Gasteiger partial charge in [0, 0.05) is 56.6 Å². The Bertz CT molecular complexity index is 1240. The molecule has 1 aliphatic heterocycles. The van der Waals surface area contributed by atoms with Crippen molar-refractivity contribution in [1.29, 1.82) is 0 Å². The minimum absolute atomic E-state index is 0.0176. The zero-order chi connectivity index (χ0) is 29.9. The topological polar surface area (TPSA) is 201 Å². The molecular formula is C26H30N4O11. The largest absolute Gasteiger partial charge is 0.462 e. The fourth-order valence-corrected chi connectivity index (χ4v) is 4.29. The van der Waals surface area contributed by atoms with E-state index in [4.69, 9.17) is 14.2 Å². The van der Waals surface area contributed by atoms with E-state index in [1.54, 1.807) is 0 Å². The number of ether oxygens (including phenoxy) is 3. The Morgan fingerprint density at radius 2 is 1.51 bits per heavy atom. The number of non-ortho nitro benzene ring substituents is 2. The second-order valence-corrected chi connectivity index (χ2v) is 9.36. The first-order valence-electron chi connectivity index (χ1n) is 12.7. The number of nitro benzene ring substituents is 2. The van der Waals surface area contributed by atoms with Crippen molar-refractivity contribution in [2.75, 3.05) is 13.1 Å². The van der Waals surface area contributed by atoms with Crippen LogP contribution in [0.4, 0.5) is 21.0 Å². The lowest BCUT2D eigenvalue weighted by Gasteiger charge is -2.27. The number of nitrogens with one attached hydrogen (secondary N) is 1. The molecular weight excluding hydrogens is 544 g/mol. The summed E-state index contributed by atoms with van der Waals surface area (Å²) in [7, 11) is 0. The van der Waals surface area contributed by atoms with E-state index in [0.717, 1.165) is 0 Å². The van der Waals surface area contributed by atoms with Crippen molar-refractivity contribution < 1.29 is 43.5 Å². The van der Waals surface area contributed by atoms with Crippen molar-refractivity contribution in [2.45, 2.75) is 57.6 Å². The number of alkyl carbamates (subject to hydrolysis) is 1. The second kappa shape index (κ2) is 14.6. The van der Waals surface area contributed by atoms with Crippen LogP contribution in [0.1, 0.15) is 37.3 Å². The van der Waals surface area contributed by atoms with Crippen molar-refractivity contribution >= 4 is 29.5 Å². The van der Waals surface area contributed by atoms with Gasteiger partial charge in [0.15, 0.2) is 0 Å². The van der Waals surface area contributed by atoms with E-state index in [-0.39, 0.29) is 56.9 Å². The van der Waals surface area contributed by atoms with Crippen LogP contribution in [0.5, 0.6) is 0 Å². The van der Waals surface area contributed by atoms with Crippen molar-refractivity contribution in [3.63, 3.8) is 0 Å². The van der Waals surface area contributed by atoms with Gasteiger partial charge in [0.25, 0.3) is 11.4 Å². The van der Waals surface area contributed by atoms with Crippen molar-refractivity contribution in [3.8, 4) is 0 Å². The number of hydrogen-bond acceptors (Lipinski definition) is 11. The summed E-state index contributed by atoms with van der Waals surface area (Å²) in [5.74, 6) is -0.554. The monoisotopic (exact) mass is 574 g/mol. The van der Waals surface area contributed by atoms with Crippen LogP contribution in [-0.2, 0) is 32.2 Å². The Balaban J connectivity index is 1.48. The number of carbonyl (C=O) groups excluding carboxylic acids is 3. The van der Waals surface area contributed by atoms with E-state index >= 15 is 0 Å². The molecule has 1 saturated heterocycles. The Hall–Kier alpha value is -4.79. The molecule has 41 heavy (non-hydrogen) atoms. The predicted molar refractivity (Wildman–Crippen MR) is 140 cm³/mol. The number of hydrogen-bond donors (Lipinski definition) is 2. The third-order valence-corrected chi connectivity index (χ3v) is 6.26. The van der Waals surface area contributed by atoms with E-state index in [1.165, 1.54) is 60.4 Å². The fourth-order valence-electron chi connectivity index (χ4n) is 4.29. The van der Waals surface area contributed by atoms with E-state index in [2.05, 4.69) is 5.32 Å². The molecule has 0 bridgehead atoms. The quantitative estimate of drug-likeness (QED) is 0.163. The van der Waals surface area contributed by atoms with Gasteiger partial charge >= 0.3 is 18.2 Å². The zero-order valence-electron chi connectivity index (χ0n) is 22.2. The summed E-state index contributed by atoms with van der Waals surface area (Å²) in [5, 5.41) is 34.3. The highest BCUT2D eigenvalue weighted by Gasteiger charge is 2.37. The van der Waals surface area contributed by atoms with Crippen LogP contribution in [0.25, 0.3) is 0 Å². The van der Waals surface area contributed by atoms with Crippen LogP contribution in [0.15, 0.2) is 48.5 Å². The Kier molecular flexibility index (Phi) is 10.9. The first-order valence-corrected chi connectivity index (χ1v) is 12.7. The standard InChI is InChI=1S/C26H30N4O11/c1-17(31)41-24(10-11-27-25(33)39-15-18-2-6-20(7-3-18)29(35)36)13-22-12-23(32)14-28(22)26(34)40-16-19-4-8-21(9-5-19)30(37)38/h2-9,22-24,32H,10-16H2,1H3,(H,27,33)/t22-,23+,24+/m0/s1. The average Bonchev–Trinajstić information content (AvgIpc) is 3.30. The predicted octanol–water partition coefficient (Wildman–Crippen LogP) is 3.21. The van der Waals surface area contributed by atoms with Crippen molar-refractivity contribution in [2.24, 2.45) is 0 Å². The number of aliphatic hydroxyl groups is 1. The number of esters is 1. The highest BCUT2D eigenvalue weighted by molar-refractivity contribution is 5.69. The van der Waals surface area contributed by atoms with E-state index in [1.807, 2.05) is 0 Å². The Morgan fingerprint density at radius 1 is 0.976 bits per heavy atom. The van der Waals surface area contributed by atoms with Crippen LogP contribution in [0.3, 0.4) is 0 Å². The lowest BCUT2D eigenvalue weighted by Crippen LogP contribution is -2.39. The molecule has 15 nitrogen and oxygen atoms in total. The maximum absolute atomic E-state index is 12.8. The molecule has 0 unspecified atom stereocenters. The van der Waals surface area contributed by atoms with Gasteiger partial charge in [-0.25, -0.2) is 9.59 Å². The normalized spacial score (nSPS) is 16.9. The van der Waals surface area contributed by atoms with Gasteiger partial charge in [0.2, 0.25) is 0 Å². The second-order valence-electron chi connectivity index (χ2n) is 9.36. The molecule has 0 radical (unpaired) electrons. The summed E-state index contributed by atoms with van der Waals surface area (Å²) in [6.07, 6.45) is -2.32. The van der Waals surface area contributed by atoms with E-state index in [0.29, 0.717) is 11.1 Å². The van der Waals surface area contributed by atoms with Crippen LogP contribution in [-0.4, -0.2) is 69.3 Å². The van der Waals surface area contributed by atoms with Gasteiger partial charge in [-0.1, -0.05) is 0 Å². The summed E-state index contributed by atoms with van der Waals surface area (Å²) in [6, 6.07) is 10.6. The number of nitro groups is 2. The van der Waals surface area contributed by atoms with E-state index in [9.17, 15) is 39.7 Å². The molecule has 0 saturated carbocycles. The van der Waals surface area contributed by atoms with Crippen molar-refractivity contribution in [3.05, 3.63) is 79.9 Å². The van der Waals surface area contributed by atoms with Gasteiger partial charge in [0.1, 0.15) is 19.3 Å². The molecule has 1 fully saturated rings. The smallest absolute Gasteiger partial charge is 0.410 e. The zero-order valence-corrected chi connectivity index (χ0v) is 22.2. The van der Waals surface area contributed by atoms with Gasteiger partial charge in [-0.3, -0.25) is 25.0 Å². The molecule has 2 N–H and O–H groups in total. The molecule has 3 rings (SSSR count). The molecule has 15 heteroatoms. The number of rotatable bonds is 12. The molecule has 2 aromatic carbocycles. The molecule has 220 valence electrons. The summed E-state index contributed by atoms with van der Waals surface area (Å²) in [4.78, 5) is 58.3. The molecule has 0 spiro atoms. The van der Waals surface area contributed by atoms with Gasteiger partial charge in [-0.05, 0) is 41.8 Å². The maximum Gasteiger partial charge on any atom is 0.410 e. The van der Waals surface area contributed by atoms with Gasteiger partial charge in [-0.15, -0.1) is 0 Å². The minimum atomic E-state index is -0.808. The van der Waals surface area contributed by atoms with Gasteiger partial charge in [0.05, 0.1) is 22.5 Å². The number of likely N-dealkylation sites (tertiary alicyclic amines) is 1. The SMILES string of the molecule is CC(=O)O[C@H](CCNC(=O)OCc1ccc([N+](=O)[O-])cc1)C[C@@H]1C[C@@H](O)CN1C(=O)OCc1ccc([N+](=O)[O-])cc1. The van der Waals surface area contributed by atoms with Crippen molar-refractivity contribution in [1.82, 2.24) is 10.2 Å². The van der Waals surface area contributed by atoms with Crippen LogP contribution < -0.4 is 5.32 Å². The number of nitrogens with zero attached hydrogens (tertiary/aromatic N) is 3. The maximum atomic E-state index is 12.8. The molecule has 2 aromatic rings. The third kappa shape index (κ3) is 9.72. The molecule has 1 heterocycles. The number of carbonyl (C=O) groups is 3. The van der Waals surface area contributed by atoms with Crippen LogP contribution >= 0.6 is 0 Å². The van der Waals surface area contributed by atoms with Gasteiger partial charge in [-0.2, -0.15) is 0 Å². The highest BCUT2D eigenvalue weighted by Crippen LogP contribution is 2.25. The molecule has 2 amide bonds. The first kappa shape index (κ1) is 30.7. The lowest BCUT2D eigenvalue weighted by atomic mass is 10.0. The Labute approximate surface area is 234 Å².